The fourth-order valence-corrected chi connectivity index (χ4v) is 3.63. The Kier molecular flexibility index (Phi) is 5.74. The van der Waals surface area contributed by atoms with Crippen molar-refractivity contribution in [1.82, 2.24) is 4.98 Å². The van der Waals surface area contributed by atoms with E-state index < -0.39 is 0 Å². The van der Waals surface area contributed by atoms with Gasteiger partial charge in [-0.15, -0.1) is 11.6 Å². The molecule has 1 fully saturated rings. The lowest BCUT2D eigenvalue weighted by molar-refractivity contribution is 0.0420. The summed E-state index contributed by atoms with van der Waals surface area (Å²) in [6.45, 7) is 6.88. The van der Waals surface area contributed by atoms with Gasteiger partial charge in [-0.1, -0.05) is 27.2 Å². The molecule has 2 rings (SSSR count). The normalized spacial score (nSPS) is 26.8. The van der Waals surface area contributed by atoms with Gasteiger partial charge in [0, 0.05) is 16.2 Å². The number of hydrogen-bond acceptors (Lipinski definition) is 2. The average Bonchev–Trinajstić information content (AvgIpc) is 2.40. The van der Waals surface area contributed by atoms with Crippen LogP contribution in [0.4, 0.5) is 0 Å². The summed E-state index contributed by atoms with van der Waals surface area (Å²) in [4.78, 5) is 4.41. The van der Waals surface area contributed by atoms with Crippen LogP contribution in [-0.4, -0.2) is 11.1 Å². The lowest BCUT2D eigenvalue weighted by Crippen LogP contribution is -2.36. The first kappa shape index (κ1) is 16.1. The van der Waals surface area contributed by atoms with Gasteiger partial charge in [-0.25, -0.2) is 4.98 Å². The zero-order valence-corrected chi connectivity index (χ0v) is 14.7. The highest BCUT2D eigenvalue weighted by Crippen LogP contribution is 2.36. The third-order valence-corrected chi connectivity index (χ3v) is 4.98. The molecule has 0 spiro atoms. The van der Waals surface area contributed by atoms with E-state index in [0.29, 0.717) is 23.6 Å². The molecule has 0 bridgehead atoms. The quantitative estimate of drug-likeness (QED) is 0.669. The van der Waals surface area contributed by atoms with Crippen LogP contribution in [0.1, 0.15) is 45.6 Å². The van der Waals surface area contributed by atoms with Gasteiger partial charge in [0.1, 0.15) is 6.10 Å². The highest BCUT2D eigenvalue weighted by Gasteiger charge is 2.32. The molecule has 0 aliphatic heterocycles. The zero-order chi connectivity index (χ0) is 14.7. The summed E-state index contributed by atoms with van der Waals surface area (Å²) in [5.74, 6) is 3.11. The van der Waals surface area contributed by atoms with Crippen molar-refractivity contribution in [2.45, 2.75) is 52.0 Å². The summed E-state index contributed by atoms with van der Waals surface area (Å²) in [6, 6.07) is 1.99. The Hall–Kier alpha value is -0.280. The summed E-state index contributed by atoms with van der Waals surface area (Å²) in [5, 5.41) is 0. The van der Waals surface area contributed by atoms with E-state index in [2.05, 4.69) is 41.7 Å². The molecule has 1 aromatic rings. The first-order valence-electron chi connectivity index (χ1n) is 7.38. The SMILES string of the molecule is CC1CCC(C(C)C)C(Oc2ncc(Br)cc2CCl)C1. The summed E-state index contributed by atoms with van der Waals surface area (Å²) in [5.41, 5.74) is 0.960. The number of nitrogens with zero attached hydrogens (tertiary/aromatic N) is 1. The van der Waals surface area contributed by atoms with E-state index in [1.807, 2.05) is 6.07 Å². The molecule has 1 saturated carbocycles. The monoisotopic (exact) mass is 359 g/mol. The predicted octanol–water partition coefficient (Wildman–Crippen LogP) is 5.42. The molecule has 0 radical (unpaired) electrons. The Morgan fingerprint density at radius 3 is 2.85 bits per heavy atom. The topological polar surface area (TPSA) is 22.1 Å². The van der Waals surface area contributed by atoms with Crippen LogP contribution >= 0.6 is 27.5 Å². The van der Waals surface area contributed by atoms with Crippen molar-refractivity contribution in [2.75, 3.05) is 0 Å². The van der Waals surface area contributed by atoms with Crippen molar-refractivity contribution in [3.05, 3.63) is 22.3 Å². The van der Waals surface area contributed by atoms with Gasteiger partial charge in [0.05, 0.1) is 5.88 Å². The van der Waals surface area contributed by atoms with Crippen LogP contribution in [0, 0.1) is 17.8 Å². The van der Waals surface area contributed by atoms with Crippen molar-refractivity contribution in [3.8, 4) is 5.88 Å². The minimum absolute atomic E-state index is 0.259. The molecule has 1 aliphatic rings. The molecular formula is C16H23BrClNO. The smallest absolute Gasteiger partial charge is 0.218 e. The number of rotatable bonds is 4. The van der Waals surface area contributed by atoms with Gasteiger partial charge in [-0.05, 0) is 52.6 Å². The molecule has 0 aromatic carbocycles. The zero-order valence-electron chi connectivity index (χ0n) is 12.4. The van der Waals surface area contributed by atoms with Crippen LogP contribution in [0.15, 0.2) is 16.7 Å². The Morgan fingerprint density at radius 1 is 1.45 bits per heavy atom. The molecule has 1 heterocycles. The summed E-state index contributed by atoms with van der Waals surface area (Å²) >= 11 is 9.44. The van der Waals surface area contributed by atoms with Crippen molar-refractivity contribution < 1.29 is 4.74 Å². The van der Waals surface area contributed by atoms with Crippen molar-refractivity contribution in [3.63, 3.8) is 0 Å². The molecule has 0 amide bonds. The van der Waals surface area contributed by atoms with Crippen LogP contribution in [0.5, 0.6) is 5.88 Å². The van der Waals surface area contributed by atoms with Gasteiger partial charge in [0.2, 0.25) is 5.88 Å². The lowest BCUT2D eigenvalue weighted by atomic mass is 9.75. The largest absolute Gasteiger partial charge is 0.474 e. The van der Waals surface area contributed by atoms with Crippen LogP contribution < -0.4 is 4.74 Å². The van der Waals surface area contributed by atoms with Crippen LogP contribution in [0.2, 0.25) is 0 Å². The van der Waals surface area contributed by atoms with E-state index in [4.69, 9.17) is 16.3 Å². The Balaban J connectivity index is 2.17. The maximum atomic E-state index is 6.26. The van der Waals surface area contributed by atoms with E-state index in [1.165, 1.54) is 12.8 Å². The highest BCUT2D eigenvalue weighted by molar-refractivity contribution is 9.10. The Morgan fingerprint density at radius 2 is 2.20 bits per heavy atom. The maximum Gasteiger partial charge on any atom is 0.218 e. The van der Waals surface area contributed by atoms with Crippen molar-refractivity contribution in [2.24, 2.45) is 17.8 Å². The molecular weight excluding hydrogens is 338 g/mol. The molecule has 3 atom stereocenters. The highest BCUT2D eigenvalue weighted by atomic mass is 79.9. The second-order valence-corrected chi connectivity index (χ2v) is 7.42. The van der Waals surface area contributed by atoms with Gasteiger partial charge in [0.25, 0.3) is 0 Å². The Labute approximate surface area is 135 Å². The molecule has 0 saturated heterocycles. The van der Waals surface area contributed by atoms with Crippen LogP contribution in [0.3, 0.4) is 0 Å². The first-order valence-corrected chi connectivity index (χ1v) is 8.71. The summed E-state index contributed by atoms with van der Waals surface area (Å²) in [7, 11) is 0. The van der Waals surface area contributed by atoms with Crippen molar-refractivity contribution in [1.29, 1.82) is 0 Å². The number of hydrogen-bond donors (Lipinski definition) is 0. The number of pyridine rings is 1. The molecule has 1 aromatic heterocycles. The fourth-order valence-electron chi connectivity index (χ4n) is 3.06. The molecule has 1 aliphatic carbocycles. The second kappa shape index (κ2) is 7.13. The third-order valence-electron chi connectivity index (χ3n) is 4.26. The number of alkyl halides is 1. The second-order valence-electron chi connectivity index (χ2n) is 6.23. The van der Waals surface area contributed by atoms with E-state index >= 15 is 0 Å². The lowest BCUT2D eigenvalue weighted by Gasteiger charge is -2.37. The van der Waals surface area contributed by atoms with Crippen LogP contribution in [0.25, 0.3) is 0 Å². The molecule has 3 unspecified atom stereocenters. The van der Waals surface area contributed by atoms with E-state index in [0.717, 1.165) is 22.4 Å². The standard InChI is InChI=1S/C16H23BrClNO/c1-10(2)14-5-4-11(3)6-15(14)20-16-12(8-18)7-13(17)9-19-16/h7,9-11,14-15H,4-6,8H2,1-3H3. The van der Waals surface area contributed by atoms with Gasteiger partial charge in [-0.2, -0.15) is 0 Å². The van der Waals surface area contributed by atoms with Gasteiger partial charge < -0.3 is 4.74 Å². The van der Waals surface area contributed by atoms with E-state index in [9.17, 15) is 0 Å². The molecule has 2 nitrogen and oxygen atoms in total. The summed E-state index contributed by atoms with van der Waals surface area (Å²) < 4.78 is 7.20. The average molecular weight is 361 g/mol. The Bertz CT molecular complexity index is 452. The maximum absolute atomic E-state index is 6.26. The molecule has 0 N–H and O–H groups in total. The van der Waals surface area contributed by atoms with Gasteiger partial charge >= 0.3 is 0 Å². The fraction of sp³-hybridized carbons (Fsp3) is 0.688. The number of halogens is 2. The molecule has 112 valence electrons. The van der Waals surface area contributed by atoms with Crippen LogP contribution in [-0.2, 0) is 5.88 Å². The predicted molar refractivity (Wildman–Crippen MR) is 87.3 cm³/mol. The summed E-state index contributed by atoms with van der Waals surface area (Å²) in [6.07, 6.45) is 5.70. The minimum Gasteiger partial charge on any atom is -0.474 e. The van der Waals surface area contributed by atoms with E-state index in [-0.39, 0.29) is 6.10 Å². The number of ether oxygens (including phenoxy) is 1. The first-order chi connectivity index (χ1) is 9.51. The van der Waals surface area contributed by atoms with E-state index in [1.54, 1.807) is 6.20 Å². The molecule has 20 heavy (non-hydrogen) atoms. The van der Waals surface area contributed by atoms with Gasteiger partial charge in [0.15, 0.2) is 0 Å². The third kappa shape index (κ3) is 3.88. The molecule has 4 heteroatoms. The van der Waals surface area contributed by atoms with Gasteiger partial charge in [-0.3, -0.25) is 0 Å². The number of aromatic nitrogens is 1. The van der Waals surface area contributed by atoms with Crippen molar-refractivity contribution >= 4 is 27.5 Å². The minimum atomic E-state index is 0.259.